The van der Waals surface area contributed by atoms with Gasteiger partial charge in [-0.05, 0) is 49.4 Å². The van der Waals surface area contributed by atoms with Gasteiger partial charge in [0.15, 0.2) is 5.13 Å². The van der Waals surface area contributed by atoms with Crippen LogP contribution in [0.25, 0.3) is 33.4 Å². The number of amides is 1. The number of para-hydroxylation sites is 1. The number of benzene rings is 3. The van der Waals surface area contributed by atoms with Crippen LogP contribution >= 0.6 is 11.3 Å². The predicted octanol–water partition coefficient (Wildman–Crippen LogP) is 6.73. The number of aromatic nitrogens is 2. The van der Waals surface area contributed by atoms with Crippen molar-refractivity contribution in [2.75, 3.05) is 5.32 Å². The molecule has 5 rings (SSSR count). The Morgan fingerprint density at radius 1 is 0.875 bits per heavy atom. The van der Waals surface area contributed by atoms with Crippen molar-refractivity contribution < 1.29 is 9.18 Å². The molecule has 0 saturated heterocycles. The Labute approximate surface area is 188 Å². The fraction of sp³-hybridized carbons (Fsp3) is 0.0385. The number of fused-ring (bicyclic) bond motifs is 1. The van der Waals surface area contributed by atoms with Gasteiger partial charge in [0.2, 0.25) is 0 Å². The first-order chi connectivity index (χ1) is 15.6. The number of hydrogen-bond acceptors (Lipinski definition) is 4. The van der Waals surface area contributed by atoms with Crippen molar-refractivity contribution in [2.45, 2.75) is 6.92 Å². The van der Waals surface area contributed by atoms with Crippen molar-refractivity contribution in [1.29, 1.82) is 0 Å². The van der Waals surface area contributed by atoms with E-state index in [1.54, 1.807) is 12.1 Å². The topological polar surface area (TPSA) is 54.9 Å². The molecule has 0 aliphatic heterocycles. The second kappa shape index (κ2) is 8.32. The molecule has 0 unspecified atom stereocenters. The molecular formula is C26H18FN3OS. The van der Waals surface area contributed by atoms with Gasteiger partial charge in [-0.25, -0.2) is 14.4 Å². The quantitative estimate of drug-likeness (QED) is 0.338. The van der Waals surface area contributed by atoms with Crippen LogP contribution in [-0.4, -0.2) is 15.9 Å². The lowest BCUT2D eigenvalue weighted by atomic mass is 10.0. The highest BCUT2D eigenvalue weighted by Gasteiger charge is 2.16. The molecule has 4 nitrogen and oxygen atoms in total. The average Bonchev–Trinajstić information content (AvgIpc) is 3.27. The maximum Gasteiger partial charge on any atom is 0.258 e. The minimum absolute atomic E-state index is 0.252. The summed E-state index contributed by atoms with van der Waals surface area (Å²) in [6.07, 6.45) is 0. The number of anilines is 1. The lowest BCUT2D eigenvalue weighted by Crippen LogP contribution is -2.13. The molecule has 3 aromatic carbocycles. The monoisotopic (exact) mass is 439 g/mol. The lowest BCUT2D eigenvalue weighted by Gasteiger charge is -2.10. The molecule has 5 aromatic rings. The van der Waals surface area contributed by atoms with E-state index in [1.807, 2.05) is 60.8 Å². The number of aryl methyl sites for hydroxylation is 1. The maximum atomic E-state index is 13.2. The third-order valence-corrected chi connectivity index (χ3v) is 5.90. The fourth-order valence-corrected chi connectivity index (χ4v) is 4.28. The SMILES string of the molecule is Cc1cccc(-c2cc(C(=O)Nc3nc(-c4ccc(F)cc4)cs3)c3ccccc3n2)c1. The van der Waals surface area contributed by atoms with Crippen LogP contribution in [0.4, 0.5) is 9.52 Å². The van der Waals surface area contributed by atoms with Crippen LogP contribution in [0.1, 0.15) is 15.9 Å². The van der Waals surface area contributed by atoms with Gasteiger partial charge in [-0.15, -0.1) is 11.3 Å². The molecule has 0 radical (unpaired) electrons. The minimum Gasteiger partial charge on any atom is -0.298 e. The zero-order valence-electron chi connectivity index (χ0n) is 17.2. The first-order valence-corrected chi connectivity index (χ1v) is 10.9. The molecule has 0 aliphatic rings. The number of rotatable bonds is 4. The molecule has 2 aromatic heterocycles. The molecule has 1 amide bonds. The Morgan fingerprint density at radius 2 is 1.69 bits per heavy atom. The molecule has 6 heteroatoms. The van der Waals surface area contributed by atoms with Gasteiger partial charge in [0.25, 0.3) is 5.91 Å². The maximum absolute atomic E-state index is 13.2. The summed E-state index contributed by atoms with van der Waals surface area (Å²) in [6.45, 7) is 2.03. The fourth-order valence-electron chi connectivity index (χ4n) is 3.56. The Balaban J connectivity index is 1.50. The highest BCUT2D eigenvalue weighted by molar-refractivity contribution is 7.14. The smallest absolute Gasteiger partial charge is 0.258 e. The third-order valence-electron chi connectivity index (χ3n) is 5.14. The number of nitrogens with one attached hydrogen (secondary N) is 1. The normalized spacial score (nSPS) is 10.9. The number of halogens is 1. The van der Waals surface area contributed by atoms with E-state index in [1.165, 1.54) is 23.5 Å². The van der Waals surface area contributed by atoms with E-state index in [-0.39, 0.29) is 11.7 Å². The Morgan fingerprint density at radius 3 is 2.50 bits per heavy atom. The number of carbonyl (C=O) groups excluding carboxylic acids is 1. The van der Waals surface area contributed by atoms with Crippen LogP contribution in [0.2, 0.25) is 0 Å². The van der Waals surface area contributed by atoms with Gasteiger partial charge < -0.3 is 0 Å². The van der Waals surface area contributed by atoms with Crippen molar-refractivity contribution in [1.82, 2.24) is 9.97 Å². The highest BCUT2D eigenvalue weighted by Crippen LogP contribution is 2.28. The van der Waals surface area contributed by atoms with Crippen LogP contribution < -0.4 is 5.32 Å². The molecule has 156 valence electrons. The average molecular weight is 440 g/mol. The van der Waals surface area contributed by atoms with E-state index < -0.39 is 0 Å². The lowest BCUT2D eigenvalue weighted by molar-refractivity contribution is 0.102. The van der Waals surface area contributed by atoms with Crippen LogP contribution in [0, 0.1) is 12.7 Å². The second-order valence-corrected chi connectivity index (χ2v) is 8.30. The minimum atomic E-state index is -0.300. The molecule has 0 atom stereocenters. The van der Waals surface area contributed by atoms with E-state index >= 15 is 0 Å². The van der Waals surface area contributed by atoms with E-state index in [0.717, 1.165) is 33.3 Å². The van der Waals surface area contributed by atoms with E-state index in [0.29, 0.717) is 16.4 Å². The first-order valence-electron chi connectivity index (χ1n) is 10.1. The summed E-state index contributed by atoms with van der Waals surface area (Å²) in [5, 5.41) is 6.00. The molecule has 0 fully saturated rings. The van der Waals surface area contributed by atoms with Gasteiger partial charge in [0, 0.05) is 21.9 Å². The van der Waals surface area contributed by atoms with E-state index in [2.05, 4.69) is 16.4 Å². The summed E-state index contributed by atoms with van der Waals surface area (Å²) in [5.41, 5.74) is 5.58. The molecule has 1 N–H and O–H groups in total. The molecule has 32 heavy (non-hydrogen) atoms. The summed E-state index contributed by atoms with van der Waals surface area (Å²) in [7, 11) is 0. The summed E-state index contributed by atoms with van der Waals surface area (Å²) in [5.74, 6) is -0.552. The standard InChI is InChI=1S/C26H18FN3OS/c1-16-5-4-6-18(13-16)23-14-21(20-7-2-3-8-22(20)28-23)25(31)30-26-29-24(15-32-26)17-9-11-19(27)12-10-17/h2-15H,1H3,(H,29,30,31). The zero-order chi connectivity index (χ0) is 22.1. The van der Waals surface area contributed by atoms with Crippen LogP contribution in [0.15, 0.2) is 84.2 Å². The molecule has 0 saturated carbocycles. The van der Waals surface area contributed by atoms with Gasteiger partial charge in [0.1, 0.15) is 5.82 Å². The third kappa shape index (κ3) is 4.00. The van der Waals surface area contributed by atoms with E-state index in [4.69, 9.17) is 4.98 Å². The van der Waals surface area contributed by atoms with Crippen molar-refractivity contribution in [2.24, 2.45) is 0 Å². The van der Waals surface area contributed by atoms with Gasteiger partial charge in [-0.2, -0.15) is 0 Å². The highest BCUT2D eigenvalue weighted by atomic mass is 32.1. The van der Waals surface area contributed by atoms with Crippen molar-refractivity contribution in [3.05, 3.63) is 101 Å². The molecule has 2 heterocycles. The van der Waals surface area contributed by atoms with Crippen molar-refractivity contribution >= 4 is 33.3 Å². The van der Waals surface area contributed by atoms with Gasteiger partial charge >= 0.3 is 0 Å². The summed E-state index contributed by atoms with van der Waals surface area (Å²) in [6, 6.07) is 23.6. The van der Waals surface area contributed by atoms with Crippen LogP contribution in [0.5, 0.6) is 0 Å². The first kappa shape index (κ1) is 20.0. The molecule has 0 aliphatic carbocycles. The zero-order valence-corrected chi connectivity index (χ0v) is 18.0. The van der Waals surface area contributed by atoms with Gasteiger partial charge in [-0.3, -0.25) is 10.1 Å². The van der Waals surface area contributed by atoms with Gasteiger partial charge in [0.05, 0.1) is 22.5 Å². The number of pyridine rings is 1. The van der Waals surface area contributed by atoms with Crippen molar-refractivity contribution in [3.8, 4) is 22.5 Å². The number of thiazole rings is 1. The summed E-state index contributed by atoms with van der Waals surface area (Å²) < 4.78 is 13.2. The Kier molecular flexibility index (Phi) is 5.21. The predicted molar refractivity (Wildman–Crippen MR) is 127 cm³/mol. The summed E-state index contributed by atoms with van der Waals surface area (Å²) >= 11 is 1.33. The number of nitrogens with zero attached hydrogens (tertiary/aromatic N) is 2. The largest absolute Gasteiger partial charge is 0.298 e. The van der Waals surface area contributed by atoms with E-state index in [9.17, 15) is 9.18 Å². The number of hydrogen-bond donors (Lipinski definition) is 1. The van der Waals surface area contributed by atoms with Crippen LogP contribution in [-0.2, 0) is 0 Å². The Bertz CT molecular complexity index is 1440. The Hall–Kier alpha value is -3.90. The summed E-state index contributed by atoms with van der Waals surface area (Å²) in [4.78, 5) is 22.5. The van der Waals surface area contributed by atoms with Crippen LogP contribution in [0.3, 0.4) is 0 Å². The number of carbonyl (C=O) groups is 1. The second-order valence-electron chi connectivity index (χ2n) is 7.44. The molecule has 0 bridgehead atoms. The molecule has 0 spiro atoms. The molecular weight excluding hydrogens is 421 g/mol. The van der Waals surface area contributed by atoms with Crippen molar-refractivity contribution in [3.63, 3.8) is 0 Å². The van der Waals surface area contributed by atoms with Gasteiger partial charge in [-0.1, -0.05) is 42.0 Å².